The average molecular weight is 456 g/mol. The van der Waals surface area contributed by atoms with Gasteiger partial charge >= 0.3 is 0 Å². The zero-order valence-corrected chi connectivity index (χ0v) is 20.4. The fourth-order valence-corrected chi connectivity index (χ4v) is 4.12. The first-order valence-electron chi connectivity index (χ1n) is 11.9. The molecule has 0 saturated carbocycles. The van der Waals surface area contributed by atoms with Crippen molar-refractivity contribution in [1.29, 1.82) is 0 Å². The molecule has 1 aromatic heterocycles. The Bertz CT molecular complexity index is 960. The van der Waals surface area contributed by atoms with E-state index in [9.17, 15) is 14.4 Å². The number of benzene rings is 1. The second-order valence-electron chi connectivity index (χ2n) is 10.3. The highest BCUT2D eigenvalue weighted by atomic mass is 16.2. The van der Waals surface area contributed by atoms with Crippen LogP contribution in [0.25, 0.3) is 11.0 Å². The summed E-state index contributed by atoms with van der Waals surface area (Å²) in [6.07, 6.45) is 2.87. The van der Waals surface area contributed by atoms with E-state index in [-0.39, 0.29) is 35.6 Å². The van der Waals surface area contributed by atoms with Gasteiger partial charge in [0.1, 0.15) is 11.9 Å². The van der Waals surface area contributed by atoms with E-state index in [0.29, 0.717) is 25.2 Å². The molecule has 3 atom stereocenters. The summed E-state index contributed by atoms with van der Waals surface area (Å²) in [4.78, 5) is 48.3. The maximum Gasteiger partial charge on any atom is 0.243 e. The van der Waals surface area contributed by atoms with Crippen LogP contribution >= 0.6 is 0 Å². The van der Waals surface area contributed by atoms with Gasteiger partial charge in [-0.05, 0) is 50.7 Å². The Balaban J connectivity index is 1.69. The summed E-state index contributed by atoms with van der Waals surface area (Å²) in [5.74, 6) is -0.0782. The van der Waals surface area contributed by atoms with Gasteiger partial charge in [0.05, 0.1) is 23.5 Å². The molecule has 33 heavy (non-hydrogen) atoms. The summed E-state index contributed by atoms with van der Waals surface area (Å²) >= 11 is 0. The number of para-hydroxylation sites is 2. The number of carbonyl (C=O) groups excluding carboxylic acids is 3. The van der Waals surface area contributed by atoms with Crippen LogP contribution in [0, 0.1) is 5.41 Å². The van der Waals surface area contributed by atoms with Crippen LogP contribution in [0.5, 0.6) is 0 Å². The lowest BCUT2D eigenvalue weighted by molar-refractivity contribution is -0.137. The molecule has 1 aromatic carbocycles. The predicted octanol–water partition coefficient (Wildman–Crippen LogP) is 3.45. The third-order valence-electron chi connectivity index (χ3n) is 6.18. The largest absolute Gasteiger partial charge is 0.345 e. The van der Waals surface area contributed by atoms with E-state index in [1.165, 1.54) is 0 Å². The van der Waals surface area contributed by atoms with Crippen LogP contribution in [0.3, 0.4) is 0 Å². The molecule has 2 aromatic rings. The van der Waals surface area contributed by atoms with Gasteiger partial charge in [-0.25, -0.2) is 4.98 Å². The number of rotatable bonds is 8. The van der Waals surface area contributed by atoms with Crippen LogP contribution in [0.2, 0.25) is 0 Å². The van der Waals surface area contributed by atoms with Crippen molar-refractivity contribution in [2.75, 3.05) is 6.54 Å². The molecule has 180 valence electrons. The van der Waals surface area contributed by atoms with Crippen LogP contribution in [-0.4, -0.2) is 51.2 Å². The van der Waals surface area contributed by atoms with Gasteiger partial charge in [0.15, 0.2) is 0 Å². The number of amides is 3. The maximum absolute atomic E-state index is 13.2. The standard InChI is InChI=1S/C25H37N5O3/c1-16-9-8-14-30(16)22(32)15-20(27-21(31)12-13-25(3,4)5)24(33)26-17(2)23-28-18-10-6-7-11-19(18)29-23/h6-7,10-11,16-17,20H,8-9,12-15H2,1-5H3,(H,26,33)(H,27,31)(H,28,29)/t16-,17?,20?/m0/s1. The second-order valence-corrected chi connectivity index (χ2v) is 10.3. The number of carbonyl (C=O) groups is 3. The van der Waals surface area contributed by atoms with Crippen molar-refractivity contribution >= 4 is 28.8 Å². The van der Waals surface area contributed by atoms with Crippen LogP contribution in [0.15, 0.2) is 24.3 Å². The number of nitrogens with zero attached hydrogens (tertiary/aromatic N) is 2. The molecule has 8 nitrogen and oxygen atoms in total. The first-order valence-corrected chi connectivity index (χ1v) is 11.9. The van der Waals surface area contributed by atoms with Crippen molar-refractivity contribution in [2.24, 2.45) is 5.41 Å². The Kier molecular flexibility index (Phi) is 7.76. The summed E-state index contributed by atoms with van der Waals surface area (Å²) < 4.78 is 0. The zero-order valence-electron chi connectivity index (χ0n) is 20.4. The van der Waals surface area contributed by atoms with E-state index in [0.717, 1.165) is 23.9 Å². The molecule has 0 radical (unpaired) electrons. The monoisotopic (exact) mass is 455 g/mol. The number of imidazole rings is 1. The number of H-pyrrole nitrogens is 1. The third kappa shape index (κ3) is 6.79. The van der Waals surface area contributed by atoms with E-state index in [1.54, 1.807) is 0 Å². The minimum absolute atomic E-state index is 0.00566. The Hall–Kier alpha value is -2.90. The molecule has 1 fully saturated rings. The summed E-state index contributed by atoms with van der Waals surface area (Å²) in [6, 6.07) is 6.48. The molecule has 0 spiro atoms. The van der Waals surface area contributed by atoms with Gasteiger partial charge in [0.2, 0.25) is 17.7 Å². The van der Waals surface area contributed by atoms with Crippen molar-refractivity contribution in [2.45, 2.75) is 84.8 Å². The summed E-state index contributed by atoms with van der Waals surface area (Å²) in [6.45, 7) is 10.7. The van der Waals surface area contributed by atoms with Gasteiger partial charge in [-0.2, -0.15) is 0 Å². The second kappa shape index (κ2) is 10.4. The van der Waals surface area contributed by atoms with Crippen LogP contribution in [0.4, 0.5) is 0 Å². The Labute approximate surface area is 195 Å². The van der Waals surface area contributed by atoms with Gasteiger partial charge in [-0.3, -0.25) is 14.4 Å². The van der Waals surface area contributed by atoms with E-state index < -0.39 is 12.1 Å². The van der Waals surface area contributed by atoms with Gasteiger partial charge in [-0.15, -0.1) is 0 Å². The van der Waals surface area contributed by atoms with Gasteiger partial charge < -0.3 is 20.5 Å². The van der Waals surface area contributed by atoms with Crippen molar-refractivity contribution in [3.63, 3.8) is 0 Å². The third-order valence-corrected chi connectivity index (χ3v) is 6.18. The predicted molar refractivity (Wildman–Crippen MR) is 128 cm³/mol. The number of aromatic nitrogens is 2. The summed E-state index contributed by atoms with van der Waals surface area (Å²) in [5.41, 5.74) is 1.71. The lowest BCUT2D eigenvalue weighted by Gasteiger charge is -2.26. The molecule has 0 aliphatic carbocycles. The highest BCUT2D eigenvalue weighted by Crippen LogP contribution is 2.21. The quantitative estimate of drug-likeness (QED) is 0.567. The molecular formula is C25H37N5O3. The minimum Gasteiger partial charge on any atom is -0.345 e. The van der Waals surface area contributed by atoms with E-state index in [2.05, 4.69) is 41.4 Å². The van der Waals surface area contributed by atoms with Crippen molar-refractivity contribution < 1.29 is 14.4 Å². The van der Waals surface area contributed by atoms with Crippen molar-refractivity contribution in [3.05, 3.63) is 30.1 Å². The summed E-state index contributed by atoms with van der Waals surface area (Å²) in [5, 5.41) is 5.74. The highest BCUT2D eigenvalue weighted by Gasteiger charge is 2.31. The molecule has 1 aliphatic rings. The number of fused-ring (bicyclic) bond motifs is 1. The molecule has 3 N–H and O–H groups in total. The van der Waals surface area contributed by atoms with E-state index >= 15 is 0 Å². The average Bonchev–Trinajstić information content (AvgIpc) is 3.37. The molecule has 8 heteroatoms. The molecule has 2 unspecified atom stereocenters. The Morgan fingerprint density at radius 2 is 1.94 bits per heavy atom. The topological polar surface area (TPSA) is 107 Å². The Morgan fingerprint density at radius 1 is 1.21 bits per heavy atom. The number of likely N-dealkylation sites (tertiary alicyclic amines) is 1. The first kappa shape index (κ1) is 24.7. The van der Waals surface area contributed by atoms with Gasteiger partial charge in [0, 0.05) is 19.0 Å². The Morgan fingerprint density at radius 3 is 2.58 bits per heavy atom. The normalized spacial score (nSPS) is 18.2. The minimum atomic E-state index is -0.926. The molecule has 1 saturated heterocycles. The fourth-order valence-electron chi connectivity index (χ4n) is 4.12. The van der Waals surface area contributed by atoms with Gasteiger partial charge in [-0.1, -0.05) is 32.9 Å². The maximum atomic E-state index is 13.2. The highest BCUT2D eigenvalue weighted by molar-refractivity contribution is 5.92. The lowest BCUT2D eigenvalue weighted by Crippen LogP contribution is -2.50. The summed E-state index contributed by atoms with van der Waals surface area (Å²) in [7, 11) is 0. The SMILES string of the molecule is CC(NC(=O)C(CC(=O)N1CCC[C@@H]1C)NC(=O)CCC(C)(C)C)c1nc2ccccc2[nH]1. The molecule has 3 rings (SSSR count). The van der Waals surface area contributed by atoms with Crippen LogP contribution < -0.4 is 10.6 Å². The molecule has 3 amide bonds. The fraction of sp³-hybridized carbons (Fsp3) is 0.600. The molecule has 0 bridgehead atoms. The smallest absolute Gasteiger partial charge is 0.243 e. The van der Waals surface area contributed by atoms with Crippen LogP contribution in [0.1, 0.15) is 78.6 Å². The number of hydrogen-bond acceptors (Lipinski definition) is 4. The van der Waals surface area contributed by atoms with Crippen molar-refractivity contribution in [3.8, 4) is 0 Å². The molecule has 2 heterocycles. The van der Waals surface area contributed by atoms with E-state index in [4.69, 9.17) is 0 Å². The van der Waals surface area contributed by atoms with Gasteiger partial charge in [0.25, 0.3) is 0 Å². The number of aromatic amines is 1. The zero-order chi connectivity index (χ0) is 24.2. The first-order chi connectivity index (χ1) is 15.5. The van der Waals surface area contributed by atoms with Crippen molar-refractivity contribution in [1.82, 2.24) is 25.5 Å². The van der Waals surface area contributed by atoms with Crippen LogP contribution in [-0.2, 0) is 14.4 Å². The molecular weight excluding hydrogens is 418 g/mol. The molecule has 1 aliphatic heterocycles. The number of hydrogen-bond donors (Lipinski definition) is 3. The lowest BCUT2D eigenvalue weighted by atomic mass is 9.90. The number of nitrogens with one attached hydrogen (secondary N) is 3. The van der Waals surface area contributed by atoms with E-state index in [1.807, 2.05) is 43.0 Å².